The van der Waals surface area contributed by atoms with Crippen LogP contribution < -0.4 is 0 Å². The summed E-state index contributed by atoms with van der Waals surface area (Å²) in [5.41, 5.74) is 3.50. The first-order valence-electron chi connectivity index (χ1n) is 12.6. The number of rotatable bonds is 4. The molecule has 170 valence electrons. The van der Waals surface area contributed by atoms with E-state index in [2.05, 4.69) is 44.8 Å². The number of hydrogen-bond acceptors (Lipinski definition) is 3. The summed E-state index contributed by atoms with van der Waals surface area (Å²) in [6, 6.07) is 9.39. The van der Waals surface area contributed by atoms with Crippen LogP contribution in [0.1, 0.15) is 48.9 Å². The summed E-state index contributed by atoms with van der Waals surface area (Å²) in [5, 5.41) is 1.18. The molecule has 6 rings (SSSR count). The Morgan fingerprint density at radius 2 is 2.09 bits per heavy atom. The molecular formula is C27H35N3O2. The van der Waals surface area contributed by atoms with Gasteiger partial charge in [-0.3, -0.25) is 9.69 Å². The lowest BCUT2D eigenvalue weighted by Crippen LogP contribution is -2.60. The van der Waals surface area contributed by atoms with Crippen molar-refractivity contribution >= 4 is 16.8 Å². The van der Waals surface area contributed by atoms with Gasteiger partial charge >= 0.3 is 0 Å². The summed E-state index contributed by atoms with van der Waals surface area (Å²) in [7, 11) is 1.73. The maximum absolute atomic E-state index is 13.8. The van der Waals surface area contributed by atoms with Crippen molar-refractivity contribution in [3.05, 3.63) is 47.7 Å². The number of methoxy groups -OCH3 is 1. The second-order valence-electron chi connectivity index (χ2n) is 10.3. The highest BCUT2D eigenvalue weighted by Gasteiger charge is 2.47. The third kappa shape index (κ3) is 3.41. The van der Waals surface area contributed by atoms with Gasteiger partial charge in [-0.05, 0) is 74.1 Å². The normalized spacial score (nSPS) is 30.0. The van der Waals surface area contributed by atoms with Gasteiger partial charge in [0.2, 0.25) is 0 Å². The molecule has 1 aromatic heterocycles. The third-order valence-corrected chi connectivity index (χ3v) is 8.48. The van der Waals surface area contributed by atoms with E-state index in [0.717, 1.165) is 36.6 Å². The highest BCUT2D eigenvalue weighted by atomic mass is 16.5. The molecule has 5 heteroatoms. The number of likely N-dealkylation sites (tertiary alicyclic amines) is 1. The zero-order chi connectivity index (χ0) is 21.7. The number of ether oxygens (including phenoxy) is 1. The lowest BCUT2D eigenvalue weighted by molar-refractivity contribution is 0.00148. The van der Waals surface area contributed by atoms with Gasteiger partial charge in [0.1, 0.15) is 0 Å². The fourth-order valence-corrected chi connectivity index (χ4v) is 7.07. The average Bonchev–Trinajstić information content (AvgIpc) is 3.24. The van der Waals surface area contributed by atoms with E-state index in [1.165, 1.54) is 50.6 Å². The number of carbonyl (C=O) groups excluding carboxylic acids is 1. The third-order valence-electron chi connectivity index (χ3n) is 8.48. The summed E-state index contributed by atoms with van der Waals surface area (Å²) < 4.78 is 7.46. The van der Waals surface area contributed by atoms with Gasteiger partial charge in [-0.1, -0.05) is 24.1 Å². The van der Waals surface area contributed by atoms with Crippen LogP contribution in [0.5, 0.6) is 0 Å². The number of benzene rings is 1. The highest BCUT2D eigenvalue weighted by Crippen LogP contribution is 2.45. The van der Waals surface area contributed by atoms with E-state index in [0.29, 0.717) is 24.5 Å². The number of hydrogen-bond donors (Lipinski definition) is 0. The van der Waals surface area contributed by atoms with Crippen molar-refractivity contribution in [3.63, 3.8) is 0 Å². The second kappa shape index (κ2) is 8.35. The van der Waals surface area contributed by atoms with Crippen LogP contribution in [0.3, 0.4) is 0 Å². The average molecular weight is 434 g/mol. The number of fused-ring (bicyclic) bond motifs is 7. The predicted molar refractivity (Wildman–Crippen MR) is 127 cm³/mol. The first-order chi connectivity index (χ1) is 15.7. The molecule has 2 bridgehead atoms. The van der Waals surface area contributed by atoms with Crippen molar-refractivity contribution in [2.75, 3.05) is 33.4 Å². The van der Waals surface area contributed by atoms with E-state index in [9.17, 15) is 4.79 Å². The van der Waals surface area contributed by atoms with E-state index in [1.54, 1.807) is 12.7 Å². The topological polar surface area (TPSA) is 37.7 Å². The molecule has 4 atom stereocenters. The predicted octanol–water partition coefficient (Wildman–Crippen LogP) is 4.32. The molecule has 1 aliphatic carbocycles. The maximum Gasteiger partial charge on any atom is 0.254 e. The van der Waals surface area contributed by atoms with Crippen molar-refractivity contribution in [1.82, 2.24) is 14.4 Å². The molecule has 4 heterocycles. The first kappa shape index (κ1) is 20.5. The Morgan fingerprint density at radius 1 is 1.16 bits per heavy atom. The van der Waals surface area contributed by atoms with Crippen molar-refractivity contribution in [3.8, 4) is 0 Å². The number of piperidine rings is 3. The van der Waals surface area contributed by atoms with Crippen LogP contribution in [0.2, 0.25) is 0 Å². The van der Waals surface area contributed by atoms with E-state index in [1.807, 2.05) is 6.07 Å². The molecule has 0 radical (unpaired) electrons. The van der Waals surface area contributed by atoms with Crippen molar-refractivity contribution in [2.45, 2.75) is 57.2 Å². The summed E-state index contributed by atoms with van der Waals surface area (Å²) >= 11 is 0. The molecule has 3 aliphatic heterocycles. The van der Waals surface area contributed by atoms with Gasteiger partial charge in [0.15, 0.2) is 0 Å². The van der Waals surface area contributed by atoms with Crippen LogP contribution >= 0.6 is 0 Å². The smallest absolute Gasteiger partial charge is 0.254 e. The van der Waals surface area contributed by atoms with Gasteiger partial charge < -0.3 is 14.2 Å². The fraction of sp³-hybridized carbons (Fsp3) is 0.593. The maximum atomic E-state index is 13.8. The van der Waals surface area contributed by atoms with Crippen molar-refractivity contribution in [1.29, 1.82) is 0 Å². The molecule has 3 saturated heterocycles. The number of amides is 1. The van der Waals surface area contributed by atoms with E-state index in [-0.39, 0.29) is 5.91 Å². The molecule has 4 aliphatic rings. The van der Waals surface area contributed by atoms with E-state index < -0.39 is 0 Å². The Labute approximate surface area is 191 Å². The molecule has 5 nitrogen and oxygen atoms in total. The second-order valence-corrected chi connectivity index (χ2v) is 10.3. The van der Waals surface area contributed by atoms with Gasteiger partial charge in [-0.15, -0.1) is 0 Å². The molecule has 32 heavy (non-hydrogen) atoms. The molecule has 0 spiro atoms. The SMILES string of the molecule is COCCn1ccc2ccc(C(=O)N3CCCC4=C[C@H]5C[C@H](CN6CCCC[C@@H]56)[C@H]43)cc21. The van der Waals surface area contributed by atoms with Crippen LogP contribution in [0.25, 0.3) is 10.9 Å². The fourth-order valence-electron chi connectivity index (χ4n) is 7.07. The van der Waals surface area contributed by atoms with Crippen LogP contribution in [0.4, 0.5) is 0 Å². The number of nitrogens with zero attached hydrogens (tertiary/aromatic N) is 3. The zero-order valence-electron chi connectivity index (χ0n) is 19.2. The molecule has 0 N–H and O–H groups in total. The lowest BCUT2D eigenvalue weighted by atomic mass is 9.68. The molecule has 1 amide bonds. The summed E-state index contributed by atoms with van der Waals surface area (Å²) in [6.07, 6.45) is 12.3. The van der Waals surface area contributed by atoms with Gasteiger partial charge in [0, 0.05) is 50.1 Å². The Balaban J connectivity index is 1.30. The lowest BCUT2D eigenvalue weighted by Gasteiger charge is -2.54. The summed E-state index contributed by atoms with van der Waals surface area (Å²) in [5.74, 6) is 1.50. The van der Waals surface area contributed by atoms with Gasteiger partial charge in [0.05, 0.1) is 12.6 Å². The minimum absolute atomic E-state index is 0.209. The summed E-state index contributed by atoms with van der Waals surface area (Å²) in [4.78, 5) is 18.8. The molecule has 1 aromatic carbocycles. The molecule has 2 aromatic rings. The Kier molecular flexibility index (Phi) is 5.34. The van der Waals surface area contributed by atoms with Crippen molar-refractivity contribution < 1.29 is 9.53 Å². The van der Waals surface area contributed by atoms with Gasteiger partial charge in [0.25, 0.3) is 5.91 Å². The van der Waals surface area contributed by atoms with Gasteiger partial charge in [-0.2, -0.15) is 0 Å². The minimum atomic E-state index is 0.209. The monoisotopic (exact) mass is 433 g/mol. The standard InChI is InChI=1S/C27H35N3O2/c1-32-14-13-28-12-9-19-7-8-21(17-25(19)28)27(31)30-11-4-5-20-15-22-16-23(26(20)30)18-29-10-3-2-6-24(22)29/h7-9,12,15,17,22-24,26H,2-6,10-11,13-14,16,18H2,1H3/t22-,23+,24-,26-/m0/s1. The van der Waals surface area contributed by atoms with Crippen molar-refractivity contribution in [2.24, 2.45) is 11.8 Å². The van der Waals surface area contributed by atoms with E-state index >= 15 is 0 Å². The van der Waals surface area contributed by atoms with Crippen LogP contribution in [0.15, 0.2) is 42.1 Å². The molecule has 0 saturated carbocycles. The van der Waals surface area contributed by atoms with Gasteiger partial charge in [-0.25, -0.2) is 0 Å². The minimum Gasteiger partial charge on any atom is -0.383 e. The largest absolute Gasteiger partial charge is 0.383 e. The van der Waals surface area contributed by atoms with Crippen LogP contribution in [-0.2, 0) is 11.3 Å². The van der Waals surface area contributed by atoms with Crippen LogP contribution in [-0.4, -0.2) is 65.7 Å². The molecular weight excluding hydrogens is 398 g/mol. The summed E-state index contributed by atoms with van der Waals surface area (Å²) in [6.45, 7) is 4.78. The number of aromatic nitrogens is 1. The van der Waals surface area contributed by atoms with Crippen LogP contribution in [0, 0.1) is 11.8 Å². The first-order valence-corrected chi connectivity index (χ1v) is 12.6. The molecule has 0 unspecified atom stereocenters. The molecule has 3 fully saturated rings. The zero-order valence-corrected chi connectivity index (χ0v) is 19.2. The Bertz CT molecular complexity index is 1040. The van der Waals surface area contributed by atoms with E-state index in [4.69, 9.17) is 4.74 Å². The quantitative estimate of drug-likeness (QED) is 0.674. The number of carbonyl (C=O) groups is 1. The Hall–Kier alpha value is -2.11. The highest BCUT2D eigenvalue weighted by molar-refractivity contribution is 5.98. The Morgan fingerprint density at radius 3 is 3.00 bits per heavy atom.